The number of nitrogens with two attached hydrogens (primary N) is 1. The van der Waals surface area contributed by atoms with Crippen molar-refractivity contribution in [3.05, 3.63) is 107 Å². The Kier molecular flexibility index (Phi) is 5.72. The predicted molar refractivity (Wildman–Crippen MR) is 118 cm³/mol. The lowest BCUT2D eigenvalue weighted by Gasteiger charge is -2.16. The number of esters is 1. The molecule has 0 radical (unpaired) electrons. The van der Waals surface area contributed by atoms with E-state index < -0.39 is 23.8 Å². The first-order chi connectivity index (χ1) is 15.5. The normalized spacial score (nSPS) is 11.7. The molecule has 2 N–H and O–H groups in total. The molecule has 0 bridgehead atoms. The average molecular weight is 428 g/mol. The van der Waals surface area contributed by atoms with E-state index in [2.05, 4.69) is 0 Å². The van der Waals surface area contributed by atoms with Gasteiger partial charge in [-0.1, -0.05) is 54.6 Å². The molecule has 1 atom stereocenters. The van der Waals surface area contributed by atoms with Gasteiger partial charge in [-0.15, -0.1) is 0 Å². The van der Waals surface area contributed by atoms with Gasteiger partial charge in [-0.05, 0) is 35.4 Å². The quantitative estimate of drug-likeness (QED) is 0.475. The van der Waals surface area contributed by atoms with Gasteiger partial charge in [0.05, 0.1) is 29.7 Å². The first-order valence-electron chi connectivity index (χ1n) is 9.85. The number of aromatic nitrogens is 1. The molecule has 160 valence electrons. The molecule has 1 aromatic heterocycles. The van der Waals surface area contributed by atoms with E-state index in [1.54, 1.807) is 85.1 Å². The highest BCUT2D eigenvalue weighted by molar-refractivity contribution is 5.98. The van der Waals surface area contributed by atoms with Crippen LogP contribution in [0, 0.1) is 0 Å². The molecule has 1 amide bonds. The third-order valence-electron chi connectivity index (χ3n) is 5.17. The molecule has 1 heterocycles. The Morgan fingerprint density at radius 1 is 0.812 bits per heavy atom. The summed E-state index contributed by atoms with van der Waals surface area (Å²) in [6.07, 6.45) is 1.55. The molecule has 32 heavy (non-hydrogen) atoms. The molecule has 0 fully saturated rings. The van der Waals surface area contributed by atoms with Gasteiger partial charge < -0.3 is 15.3 Å². The molecular weight excluding hydrogens is 408 g/mol. The summed E-state index contributed by atoms with van der Waals surface area (Å²) in [7, 11) is 1.27. The molecule has 0 saturated heterocycles. The lowest BCUT2D eigenvalue weighted by atomic mass is 9.87. The minimum absolute atomic E-state index is 0.233. The van der Waals surface area contributed by atoms with E-state index in [0.29, 0.717) is 27.6 Å². The summed E-state index contributed by atoms with van der Waals surface area (Å²) in [6.45, 7) is 0. The Morgan fingerprint density at radius 2 is 1.47 bits per heavy atom. The number of carbonyl (C=O) groups is 3. The van der Waals surface area contributed by atoms with Crippen LogP contribution in [0.3, 0.4) is 0 Å². The third kappa shape index (κ3) is 3.83. The highest BCUT2D eigenvalue weighted by Crippen LogP contribution is 2.34. The minimum Gasteiger partial charge on any atom is -0.465 e. The second-order valence-electron chi connectivity index (χ2n) is 7.09. The van der Waals surface area contributed by atoms with Crippen LogP contribution >= 0.6 is 0 Å². The maximum atomic E-state index is 12.6. The molecule has 4 rings (SSSR count). The van der Waals surface area contributed by atoms with Crippen molar-refractivity contribution < 1.29 is 24.0 Å². The van der Waals surface area contributed by atoms with Crippen LogP contribution in [0.2, 0.25) is 0 Å². The average Bonchev–Trinajstić information content (AvgIpc) is 3.17. The van der Waals surface area contributed by atoms with E-state index in [9.17, 15) is 14.4 Å². The zero-order valence-corrected chi connectivity index (χ0v) is 17.2. The second kappa shape index (κ2) is 8.77. The Bertz CT molecular complexity index is 1310. The Hall–Kier alpha value is -4.39. The fourth-order valence-electron chi connectivity index (χ4n) is 3.72. The van der Waals surface area contributed by atoms with Crippen molar-refractivity contribution in [1.29, 1.82) is 0 Å². The first kappa shape index (κ1) is 20.9. The van der Waals surface area contributed by atoms with Gasteiger partial charge in [0, 0.05) is 11.6 Å². The monoisotopic (exact) mass is 428 g/mol. The van der Waals surface area contributed by atoms with Crippen molar-refractivity contribution in [2.24, 2.45) is 5.73 Å². The fourth-order valence-corrected chi connectivity index (χ4v) is 3.72. The van der Waals surface area contributed by atoms with Gasteiger partial charge in [-0.3, -0.25) is 4.79 Å². The smallest absolute Gasteiger partial charge is 0.363 e. The predicted octanol–water partition coefficient (Wildman–Crippen LogP) is 3.31. The van der Waals surface area contributed by atoms with Crippen molar-refractivity contribution in [1.82, 2.24) is 4.73 Å². The summed E-state index contributed by atoms with van der Waals surface area (Å²) in [6, 6.07) is 22.4. The zero-order chi connectivity index (χ0) is 22.7. The number of hydrogen-bond donors (Lipinski definition) is 1. The van der Waals surface area contributed by atoms with Crippen LogP contribution in [0.15, 0.2) is 85.1 Å². The van der Waals surface area contributed by atoms with Crippen molar-refractivity contribution >= 4 is 28.7 Å². The summed E-state index contributed by atoms with van der Waals surface area (Å²) in [4.78, 5) is 43.1. The lowest BCUT2D eigenvalue weighted by Crippen LogP contribution is -2.24. The summed E-state index contributed by atoms with van der Waals surface area (Å²) >= 11 is 0. The van der Waals surface area contributed by atoms with Crippen LogP contribution in [0.4, 0.5) is 0 Å². The van der Waals surface area contributed by atoms with E-state index in [1.807, 2.05) is 0 Å². The van der Waals surface area contributed by atoms with Crippen molar-refractivity contribution in [2.75, 3.05) is 7.11 Å². The number of hydrogen-bond acceptors (Lipinski definition) is 5. The van der Waals surface area contributed by atoms with Crippen molar-refractivity contribution in [3.63, 3.8) is 0 Å². The molecule has 0 spiro atoms. The highest BCUT2D eigenvalue weighted by atomic mass is 16.7. The topological polar surface area (TPSA) is 101 Å². The van der Waals surface area contributed by atoms with Gasteiger partial charge in [0.15, 0.2) is 0 Å². The number of ether oxygens (including phenoxy) is 1. The Labute approximate surface area is 183 Å². The van der Waals surface area contributed by atoms with Crippen molar-refractivity contribution in [2.45, 2.75) is 5.92 Å². The Balaban J connectivity index is 1.84. The molecule has 7 heteroatoms. The Morgan fingerprint density at radius 3 is 2.19 bits per heavy atom. The number of fused-ring (bicyclic) bond motifs is 1. The molecule has 0 aliphatic heterocycles. The van der Waals surface area contributed by atoms with E-state index in [1.165, 1.54) is 11.8 Å². The van der Waals surface area contributed by atoms with E-state index in [0.717, 1.165) is 0 Å². The summed E-state index contributed by atoms with van der Waals surface area (Å²) in [5.41, 5.74) is 7.90. The number of methoxy groups -OCH3 is 1. The lowest BCUT2D eigenvalue weighted by molar-refractivity contribution is -0.118. The van der Waals surface area contributed by atoms with Crippen LogP contribution in [0.25, 0.3) is 10.9 Å². The summed E-state index contributed by atoms with van der Waals surface area (Å²) < 4.78 is 6.19. The van der Waals surface area contributed by atoms with Gasteiger partial charge >= 0.3 is 11.9 Å². The number of para-hydroxylation sites is 1. The second-order valence-corrected chi connectivity index (χ2v) is 7.09. The molecule has 0 aliphatic carbocycles. The number of carbonyl (C=O) groups excluding carboxylic acids is 3. The summed E-state index contributed by atoms with van der Waals surface area (Å²) in [5, 5.41) is 0.664. The third-order valence-corrected chi connectivity index (χ3v) is 5.17. The molecule has 4 aromatic rings. The maximum absolute atomic E-state index is 12.6. The number of nitrogens with zero attached hydrogens (tertiary/aromatic N) is 1. The van der Waals surface area contributed by atoms with Gasteiger partial charge in [0.1, 0.15) is 0 Å². The molecule has 0 aliphatic rings. The van der Waals surface area contributed by atoms with Crippen LogP contribution in [0.5, 0.6) is 0 Å². The van der Waals surface area contributed by atoms with E-state index >= 15 is 0 Å². The first-order valence-corrected chi connectivity index (χ1v) is 9.85. The van der Waals surface area contributed by atoms with E-state index in [-0.39, 0.29) is 5.56 Å². The van der Waals surface area contributed by atoms with Gasteiger partial charge in [-0.2, -0.15) is 4.73 Å². The zero-order valence-electron chi connectivity index (χ0n) is 17.2. The molecular formula is C25H20N2O5. The number of benzene rings is 3. The number of primary amides is 1. The molecule has 0 saturated carbocycles. The van der Waals surface area contributed by atoms with Crippen LogP contribution in [0.1, 0.15) is 37.8 Å². The largest absolute Gasteiger partial charge is 0.465 e. The van der Waals surface area contributed by atoms with Crippen molar-refractivity contribution in [3.8, 4) is 0 Å². The maximum Gasteiger partial charge on any atom is 0.363 e. The fraction of sp³-hybridized carbons (Fsp3) is 0.0800. The van der Waals surface area contributed by atoms with Gasteiger partial charge in [0.2, 0.25) is 5.91 Å². The SMILES string of the molecule is COC(=O)c1ccccc1C(C(N)=O)c1cn(OC(=O)c2ccccc2)c2ccccc12. The van der Waals surface area contributed by atoms with Gasteiger partial charge in [-0.25, -0.2) is 9.59 Å². The standard InChI is InChI=1S/C25H20N2O5/c1-31-25(30)19-13-6-5-12-18(19)22(23(26)28)20-15-27(21-14-8-7-11-17(20)21)32-24(29)16-9-3-2-4-10-16/h2-15,22H,1H3,(H2,26,28). The van der Waals surface area contributed by atoms with Crippen LogP contribution < -0.4 is 10.6 Å². The number of amides is 1. The molecule has 7 nitrogen and oxygen atoms in total. The van der Waals surface area contributed by atoms with Crippen LogP contribution in [-0.4, -0.2) is 29.7 Å². The van der Waals surface area contributed by atoms with Gasteiger partial charge in [0.25, 0.3) is 0 Å². The number of rotatable bonds is 6. The van der Waals surface area contributed by atoms with E-state index in [4.69, 9.17) is 15.3 Å². The minimum atomic E-state index is -0.966. The van der Waals surface area contributed by atoms with Crippen LogP contribution in [-0.2, 0) is 9.53 Å². The summed E-state index contributed by atoms with van der Waals surface area (Å²) in [5.74, 6) is -2.75. The highest BCUT2D eigenvalue weighted by Gasteiger charge is 2.29. The molecule has 3 aromatic carbocycles. The molecule has 1 unspecified atom stereocenters.